The Balaban J connectivity index is 1.56. The molecule has 0 radical (unpaired) electrons. The van der Waals surface area contributed by atoms with Crippen LogP contribution in [0.15, 0.2) is 59.4 Å². The van der Waals surface area contributed by atoms with Gasteiger partial charge in [0.25, 0.3) is 11.8 Å². The van der Waals surface area contributed by atoms with Crippen molar-refractivity contribution >= 4 is 50.9 Å². The third kappa shape index (κ3) is 11.1. The molecule has 1 unspecified atom stereocenters. The van der Waals surface area contributed by atoms with Gasteiger partial charge in [0, 0.05) is 55.1 Å². The van der Waals surface area contributed by atoms with Crippen LogP contribution in [0.1, 0.15) is 79.1 Å². The van der Waals surface area contributed by atoms with Gasteiger partial charge < -0.3 is 26.6 Å². The first-order valence-electron chi connectivity index (χ1n) is 17.1. The van der Waals surface area contributed by atoms with Crippen molar-refractivity contribution in [3.8, 4) is 0 Å². The summed E-state index contributed by atoms with van der Waals surface area (Å²) in [6.07, 6.45) is 0.868. The maximum atomic E-state index is 13.9. The summed E-state index contributed by atoms with van der Waals surface area (Å²) < 4.78 is 29.6. The van der Waals surface area contributed by atoms with E-state index in [2.05, 4.69) is 36.3 Å². The highest BCUT2D eigenvalue weighted by Gasteiger charge is 2.29. The zero-order valence-electron chi connectivity index (χ0n) is 29.6. The highest BCUT2D eigenvalue weighted by atomic mass is 32.2. The van der Waals surface area contributed by atoms with E-state index >= 15 is 0 Å². The number of nitrogens with zero attached hydrogens (tertiary/aromatic N) is 2. The zero-order valence-corrected chi connectivity index (χ0v) is 31.2. The number of carbonyl (C=O) groups excluding carboxylic acids is 4. The van der Waals surface area contributed by atoms with Gasteiger partial charge in [0.05, 0.1) is 29.0 Å². The fourth-order valence-corrected chi connectivity index (χ4v) is 7.44. The van der Waals surface area contributed by atoms with E-state index in [1.54, 1.807) is 12.4 Å². The van der Waals surface area contributed by atoms with Crippen LogP contribution in [0.4, 0.5) is 5.69 Å². The second-order valence-corrected chi connectivity index (χ2v) is 15.2. The predicted octanol–water partition coefficient (Wildman–Crippen LogP) is 2.27. The van der Waals surface area contributed by atoms with Gasteiger partial charge in [-0.2, -0.15) is 13.1 Å². The summed E-state index contributed by atoms with van der Waals surface area (Å²) in [7, 11) is -3.89. The molecule has 0 spiro atoms. The minimum absolute atomic E-state index is 0.0848. The Bertz CT molecular complexity index is 1750. The van der Waals surface area contributed by atoms with Gasteiger partial charge >= 0.3 is 10.2 Å². The molecule has 1 aliphatic heterocycles. The summed E-state index contributed by atoms with van der Waals surface area (Å²) in [4.78, 5) is 57.5. The van der Waals surface area contributed by atoms with Crippen LogP contribution in [0.5, 0.6) is 0 Å². The van der Waals surface area contributed by atoms with Crippen molar-refractivity contribution in [1.29, 1.82) is 0 Å². The van der Waals surface area contributed by atoms with E-state index in [1.165, 1.54) is 29.5 Å². The number of hydrogen-bond acceptors (Lipinski definition) is 9. The van der Waals surface area contributed by atoms with E-state index < -0.39 is 40.1 Å². The van der Waals surface area contributed by atoms with E-state index in [9.17, 15) is 27.6 Å². The number of hydrogen-bond donors (Lipinski definition) is 6. The Morgan fingerprint density at radius 3 is 2.24 bits per heavy atom. The summed E-state index contributed by atoms with van der Waals surface area (Å²) in [5, 5.41) is 16.5. The summed E-state index contributed by atoms with van der Waals surface area (Å²) in [6.45, 7) is 10.1. The molecule has 4 amide bonds. The average molecular weight is 741 g/mol. The minimum atomic E-state index is -3.89. The maximum absolute atomic E-state index is 13.9. The molecular formula is C35H48N8O6S2. The molecule has 16 heteroatoms. The summed E-state index contributed by atoms with van der Waals surface area (Å²) in [5.74, 6) is -1.79. The molecule has 1 aromatic heterocycles. The SMILES string of the molecule is CCNC(=O)[C@@H](NC(=O)[C@H](C)NC[C@H](Cc1cscn1)NC(=O)c1cc(C(=O)NC(C)c2ccccc2)cc(N2CCCNS2(=O)=O)c1)C(C)C. The van der Waals surface area contributed by atoms with Crippen molar-refractivity contribution in [3.63, 3.8) is 0 Å². The molecule has 1 saturated heterocycles. The van der Waals surface area contributed by atoms with E-state index in [1.807, 2.05) is 63.4 Å². The fraction of sp³-hybridized carbons (Fsp3) is 0.457. The van der Waals surface area contributed by atoms with Crippen LogP contribution in [-0.4, -0.2) is 81.3 Å². The van der Waals surface area contributed by atoms with Crippen LogP contribution >= 0.6 is 11.3 Å². The standard InChI is InChI=1S/C35H48N8O6S2/c1-6-36-35(47)31(22(2)3)42-32(44)24(5)37-19-28(18-29-20-50-21-38-29)41-34(46)27-15-26(33(45)40-23(4)25-11-8-7-9-12-25)16-30(17-27)43-14-10-13-39-51(43,48)49/h7-9,11-12,15-17,20-24,28,31,37,39H,6,10,13-14,18-19H2,1-5H3,(H,36,47)(H,40,45)(H,41,46)(H,42,44)/t23?,24-,28-,31-/m0/s1. The van der Waals surface area contributed by atoms with Crippen molar-refractivity contribution in [1.82, 2.24) is 36.3 Å². The van der Waals surface area contributed by atoms with Gasteiger partial charge in [-0.1, -0.05) is 44.2 Å². The van der Waals surface area contributed by atoms with Crippen LogP contribution in [-0.2, 0) is 26.2 Å². The van der Waals surface area contributed by atoms with Gasteiger partial charge in [-0.15, -0.1) is 11.3 Å². The van der Waals surface area contributed by atoms with Gasteiger partial charge in [0.15, 0.2) is 0 Å². The smallest absolute Gasteiger partial charge is 0.301 e. The van der Waals surface area contributed by atoms with Gasteiger partial charge in [0.2, 0.25) is 11.8 Å². The Morgan fingerprint density at radius 1 is 0.941 bits per heavy atom. The molecule has 2 aromatic carbocycles. The first-order valence-corrected chi connectivity index (χ1v) is 19.4. The first-order chi connectivity index (χ1) is 24.3. The molecular weight excluding hydrogens is 693 g/mol. The summed E-state index contributed by atoms with van der Waals surface area (Å²) in [6, 6.07) is 11.4. The number of aromatic nitrogens is 1. The van der Waals surface area contributed by atoms with E-state index in [0.717, 1.165) is 15.6 Å². The lowest BCUT2D eigenvalue weighted by Crippen LogP contribution is -2.55. The maximum Gasteiger partial charge on any atom is 0.301 e. The van der Waals surface area contributed by atoms with E-state index in [4.69, 9.17) is 0 Å². The highest BCUT2D eigenvalue weighted by Crippen LogP contribution is 2.25. The number of benzene rings is 2. The quantitative estimate of drug-likeness (QED) is 0.129. The molecule has 0 saturated carbocycles. The van der Waals surface area contributed by atoms with Gasteiger partial charge in [-0.05, 0) is 56.9 Å². The van der Waals surface area contributed by atoms with E-state index in [0.29, 0.717) is 19.4 Å². The third-order valence-electron chi connectivity index (χ3n) is 8.43. The Hall–Kier alpha value is -4.38. The molecule has 0 bridgehead atoms. The molecule has 2 heterocycles. The highest BCUT2D eigenvalue weighted by molar-refractivity contribution is 7.90. The number of thiazole rings is 1. The molecule has 1 fully saturated rings. The minimum Gasteiger partial charge on any atom is -0.355 e. The van der Waals surface area contributed by atoms with Crippen molar-refractivity contribution < 1.29 is 27.6 Å². The Morgan fingerprint density at radius 2 is 1.63 bits per heavy atom. The molecule has 3 aromatic rings. The number of likely N-dealkylation sites (N-methyl/N-ethyl adjacent to an activating group) is 1. The lowest BCUT2D eigenvalue weighted by Gasteiger charge is -2.29. The number of anilines is 1. The second-order valence-electron chi connectivity index (χ2n) is 12.8. The van der Waals surface area contributed by atoms with Gasteiger partial charge in [-0.3, -0.25) is 23.5 Å². The van der Waals surface area contributed by atoms with Crippen molar-refractivity contribution in [3.05, 3.63) is 81.8 Å². The largest absolute Gasteiger partial charge is 0.355 e. The first kappa shape index (κ1) is 39.4. The zero-order chi connectivity index (χ0) is 37.1. The van der Waals surface area contributed by atoms with Crippen LogP contribution in [0.2, 0.25) is 0 Å². The number of nitrogens with one attached hydrogen (secondary N) is 6. The molecule has 276 valence electrons. The van der Waals surface area contributed by atoms with Crippen molar-refractivity contribution in [2.45, 2.75) is 71.6 Å². The summed E-state index contributed by atoms with van der Waals surface area (Å²) in [5.41, 5.74) is 3.68. The molecule has 1 aliphatic rings. The predicted molar refractivity (Wildman–Crippen MR) is 198 cm³/mol. The molecule has 51 heavy (non-hydrogen) atoms. The van der Waals surface area contributed by atoms with Crippen LogP contribution in [0.3, 0.4) is 0 Å². The second kappa shape index (κ2) is 18.2. The van der Waals surface area contributed by atoms with E-state index in [-0.39, 0.29) is 60.2 Å². The van der Waals surface area contributed by atoms with Crippen LogP contribution < -0.4 is 35.6 Å². The number of carbonyl (C=O) groups is 4. The van der Waals surface area contributed by atoms with Crippen molar-refractivity contribution in [2.75, 3.05) is 30.5 Å². The molecule has 6 N–H and O–H groups in total. The molecule has 0 aliphatic carbocycles. The van der Waals surface area contributed by atoms with Crippen LogP contribution in [0, 0.1) is 5.92 Å². The van der Waals surface area contributed by atoms with Crippen molar-refractivity contribution in [2.24, 2.45) is 5.92 Å². The van der Waals surface area contributed by atoms with Crippen LogP contribution in [0.25, 0.3) is 0 Å². The molecule has 4 rings (SSSR count). The lowest BCUT2D eigenvalue weighted by molar-refractivity contribution is -0.130. The molecule has 4 atom stereocenters. The van der Waals surface area contributed by atoms with Gasteiger partial charge in [-0.25, -0.2) is 4.98 Å². The average Bonchev–Trinajstić information content (AvgIpc) is 3.62. The Kier molecular flexibility index (Phi) is 14.1. The molecule has 14 nitrogen and oxygen atoms in total. The topological polar surface area (TPSA) is 191 Å². The number of amides is 4. The van der Waals surface area contributed by atoms with Gasteiger partial charge in [0.1, 0.15) is 6.04 Å². The summed E-state index contributed by atoms with van der Waals surface area (Å²) >= 11 is 1.41. The fourth-order valence-electron chi connectivity index (χ4n) is 5.56. The normalized spacial score (nSPS) is 16.4. The lowest BCUT2D eigenvalue weighted by atomic mass is 10.0. The monoisotopic (exact) mass is 740 g/mol. The number of rotatable bonds is 16. The Labute approximate surface area is 303 Å². The third-order valence-corrected chi connectivity index (χ3v) is 10.6.